The molecule has 0 saturated carbocycles. The van der Waals surface area contributed by atoms with Crippen LogP contribution < -0.4 is 20.5 Å². The molecule has 3 atom stereocenters. The summed E-state index contributed by atoms with van der Waals surface area (Å²) in [6, 6.07) is 11.9. The van der Waals surface area contributed by atoms with Crippen molar-refractivity contribution in [1.29, 1.82) is 0 Å². The van der Waals surface area contributed by atoms with Crippen molar-refractivity contribution in [3.8, 4) is 17.2 Å². The molecule has 3 aromatic rings. The van der Waals surface area contributed by atoms with Gasteiger partial charge in [0.1, 0.15) is 5.76 Å². The van der Waals surface area contributed by atoms with E-state index in [1.165, 1.54) is 13.2 Å². The van der Waals surface area contributed by atoms with Crippen LogP contribution in [0, 0.1) is 5.92 Å². The quantitative estimate of drug-likeness (QED) is 0.489. The molecule has 6 rings (SSSR count). The topological polar surface area (TPSA) is 120 Å². The summed E-state index contributed by atoms with van der Waals surface area (Å²) in [6.07, 6.45) is 0.867. The van der Waals surface area contributed by atoms with Crippen LogP contribution in [-0.2, 0) is 22.6 Å². The average molecular weight is 521 g/mol. The van der Waals surface area contributed by atoms with E-state index in [-0.39, 0.29) is 30.5 Å². The number of hydrogen-bond donors (Lipinski definition) is 1. The highest BCUT2D eigenvalue weighted by atomic mass is 16.7. The smallest absolute Gasteiger partial charge is 0.306 e. The zero-order chi connectivity index (χ0) is 26.4. The van der Waals surface area contributed by atoms with Crippen molar-refractivity contribution in [2.45, 2.75) is 37.8 Å². The van der Waals surface area contributed by atoms with E-state index in [0.717, 1.165) is 18.7 Å². The van der Waals surface area contributed by atoms with Gasteiger partial charge in [0.25, 0.3) is 5.56 Å². The van der Waals surface area contributed by atoms with Crippen LogP contribution in [0.4, 0.5) is 0 Å². The Hall–Kier alpha value is -4.05. The lowest BCUT2D eigenvalue weighted by molar-refractivity contribution is -0.140. The van der Waals surface area contributed by atoms with Crippen LogP contribution in [0.15, 0.2) is 56.5 Å². The fourth-order valence-corrected chi connectivity index (χ4v) is 5.96. The number of likely N-dealkylation sites (tertiary alicyclic amines) is 1. The summed E-state index contributed by atoms with van der Waals surface area (Å²) in [4.78, 5) is 39.7. The van der Waals surface area contributed by atoms with Crippen LogP contribution in [0.3, 0.4) is 0 Å². The molecule has 0 spiro atoms. The Morgan fingerprint density at radius 3 is 2.79 bits per heavy atom. The number of rotatable bonds is 6. The number of pyridine rings is 1. The third-order valence-corrected chi connectivity index (χ3v) is 7.65. The number of esters is 1. The lowest BCUT2D eigenvalue weighted by atomic mass is 9.83. The predicted octanol–water partition coefficient (Wildman–Crippen LogP) is 2.55. The lowest BCUT2D eigenvalue weighted by Crippen LogP contribution is -2.46. The van der Waals surface area contributed by atoms with E-state index in [9.17, 15) is 19.5 Å². The Labute approximate surface area is 218 Å². The first-order valence-electron chi connectivity index (χ1n) is 12.6. The number of fused-ring (bicyclic) bond motifs is 5. The molecule has 0 unspecified atom stereocenters. The van der Waals surface area contributed by atoms with E-state index in [4.69, 9.17) is 18.6 Å². The van der Waals surface area contributed by atoms with E-state index >= 15 is 0 Å². The van der Waals surface area contributed by atoms with Crippen molar-refractivity contribution in [3.05, 3.63) is 85.8 Å². The number of carbonyl (C=O) groups excluding carboxylic acids is 1. The molecule has 2 bridgehead atoms. The number of aromatic hydroxyl groups is 1. The molecular formula is C28H28N2O8. The van der Waals surface area contributed by atoms with E-state index in [2.05, 4.69) is 4.90 Å². The highest BCUT2D eigenvalue weighted by molar-refractivity contribution is 5.71. The maximum atomic E-state index is 12.9. The molecule has 198 valence electrons. The molecule has 1 aromatic carbocycles. The normalized spacial score (nSPS) is 20.6. The van der Waals surface area contributed by atoms with Gasteiger partial charge in [0.15, 0.2) is 17.3 Å². The van der Waals surface area contributed by atoms with Gasteiger partial charge in [0, 0.05) is 43.4 Å². The molecule has 1 N–H and O–H groups in total. The molecule has 3 aliphatic rings. The number of hydrogen-bond acceptors (Lipinski definition) is 9. The number of piperidine rings is 1. The van der Waals surface area contributed by atoms with Gasteiger partial charge in [-0.15, -0.1) is 0 Å². The number of carbonyl (C=O) groups is 1. The average Bonchev–Trinajstić information content (AvgIpc) is 3.38. The Morgan fingerprint density at radius 2 is 1.95 bits per heavy atom. The molecule has 10 nitrogen and oxygen atoms in total. The summed E-state index contributed by atoms with van der Waals surface area (Å²) in [5.74, 6) is 0.172. The monoisotopic (exact) mass is 520 g/mol. The van der Waals surface area contributed by atoms with Gasteiger partial charge in [0.2, 0.25) is 18.0 Å². The molecule has 10 heteroatoms. The Morgan fingerprint density at radius 1 is 1.11 bits per heavy atom. The van der Waals surface area contributed by atoms with Crippen LogP contribution in [-0.4, -0.2) is 47.5 Å². The fraction of sp³-hybridized carbons (Fsp3) is 0.393. The zero-order valence-electron chi connectivity index (χ0n) is 20.9. The second kappa shape index (κ2) is 9.68. The molecule has 2 aromatic heterocycles. The van der Waals surface area contributed by atoms with Gasteiger partial charge < -0.3 is 28.3 Å². The van der Waals surface area contributed by atoms with Gasteiger partial charge in [-0.2, -0.15) is 0 Å². The van der Waals surface area contributed by atoms with E-state index in [1.54, 1.807) is 30.3 Å². The summed E-state index contributed by atoms with van der Waals surface area (Å²) in [5, 5.41) is 10.7. The fourth-order valence-electron chi connectivity index (χ4n) is 5.96. The molecule has 38 heavy (non-hydrogen) atoms. The van der Waals surface area contributed by atoms with E-state index in [1.807, 2.05) is 10.6 Å². The third-order valence-electron chi connectivity index (χ3n) is 7.65. The van der Waals surface area contributed by atoms with Crippen molar-refractivity contribution in [2.75, 3.05) is 27.0 Å². The molecule has 3 aliphatic heterocycles. The highest BCUT2D eigenvalue weighted by Crippen LogP contribution is 2.40. The molecule has 0 aliphatic carbocycles. The number of ether oxygens (including phenoxy) is 3. The summed E-state index contributed by atoms with van der Waals surface area (Å²) < 4.78 is 23.8. The van der Waals surface area contributed by atoms with Crippen LogP contribution in [0.1, 0.15) is 47.5 Å². The second-order valence-corrected chi connectivity index (χ2v) is 10.1. The van der Waals surface area contributed by atoms with E-state index < -0.39 is 23.1 Å². The van der Waals surface area contributed by atoms with Crippen LogP contribution >= 0.6 is 0 Å². The summed E-state index contributed by atoms with van der Waals surface area (Å²) in [6.45, 7) is 2.59. The maximum Gasteiger partial charge on any atom is 0.306 e. The number of benzene rings is 1. The minimum atomic E-state index is -0.774. The molecular weight excluding hydrogens is 492 g/mol. The molecule has 5 heterocycles. The van der Waals surface area contributed by atoms with Crippen molar-refractivity contribution >= 4 is 5.97 Å². The van der Waals surface area contributed by atoms with Gasteiger partial charge in [-0.1, -0.05) is 12.1 Å². The number of nitrogens with zero attached hydrogens (tertiary/aromatic N) is 2. The largest absolute Gasteiger partial charge is 0.502 e. The third kappa shape index (κ3) is 4.45. The first-order chi connectivity index (χ1) is 18.4. The van der Waals surface area contributed by atoms with Gasteiger partial charge in [-0.25, -0.2) is 0 Å². The number of aromatic nitrogens is 1. The van der Waals surface area contributed by atoms with Crippen LogP contribution in [0.5, 0.6) is 17.2 Å². The Bertz CT molecular complexity index is 1510. The van der Waals surface area contributed by atoms with Crippen LogP contribution in [0.25, 0.3) is 0 Å². The standard InChI is InChI=1S/C28H28N2O8/c1-35-26(33)10-20(17-5-6-23-24(8-17)37-15-36-23)28-27(34)22(31)9-19(38-28)14-29-11-16-7-18(13-29)21-3-2-4-25(32)30(21)12-16/h2-6,8-9,16,18,20,34H,7,10-15H2,1H3/t16-,18+,20+/m1/s1. The minimum absolute atomic E-state index is 0.00543. The van der Waals surface area contributed by atoms with Gasteiger partial charge >= 0.3 is 5.97 Å². The second-order valence-electron chi connectivity index (χ2n) is 10.1. The zero-order valence-corrected chi connectivity index (χ0v) is 20.9. The molecule has 0 radical (unpaired) electrons. The maximum absolute atomic E-state index is 12.9. The molecule has 1 saturated heterocycles. The van der Waals surface area contributed by atoms with Crippen molar-refractivity contribution in [2.24, 2.45) is 5.92 Å². The molecule has 0 amide bonds. The van der Waals surface area contributed by atoms with E-state index in [0.29, 0.717) is 48.4 Å². The minimum Gasteiger partial charge on any atom is -0.502 e. The Kier molecular flexibility index (Phi) is 6.19. The summed E-state index contributed by atoms with van der Waals surface area (Å²) >= 11 is 0. The first-order valence-corrected chi connectivity index (χ1v) is 12.6. The van der Waals surface area contributed by atoms with Crippen molar-refractivity contribution in [3.63, 3.8) is 0 Å². The summed E-state index contributed by atoms with van der Waals surface area (Å²) in [5.41, 5.74) is 1.10. The Balaban J connectivity index is 1.31. The van der Waals surface area contributed by atoms with Gasteiger partial charge in [-0.3, -0.25) is 19.3 Å². The summed E-state index contributed by atoms with van der Waals surface area (Å²) in [7, 11) is 1.28. The van der Waals surface area contributed by atoms with Gasteiger partial charge in [0.05, 0.1) is 26.0 Å². The number of methoxy groups -OCH3 is 1. The van der Waals surface area contributed by atoms with Crippen molar-refractivity contribution < 1.29 is 28.5 Å². The van der Waals surface area contributed by atoms with Gasteiger partial charge in [-0.05, 0) is 36.1 Å². The lowest BCUT2D eigenvalue weighted by Gasteiger charge is -2.42. The van der Waals surface area contributed by atoms with Crippen LogP contribution in [0.2, 0.25) is 0 Å². The predicted molar refractivity (Wildman–Crippen MR) is 135 cm³/mol. The molecule has 1 fully saturated rings. The highest BCUT2D eigenvalue weighted by Gasteiger charge is 2.35. The van der Waals surface area contributed by atoms with Crippen molar-refractivity contribution in [1.82, 2.24) is 9.47 Å². The SMILES string of the molecule is COC(=O)C[C@@H](c1ccc2c(c1)OCO2)c1oc(CN2C[C@H]3C[C@@H](C2)c2cccc(=O)n2C3)cc(=O)c1O. The first kappa shape index (κ1) is 24.3.